The molecular weight excluding hydrogens is 442 g/mol. The van der Waals surface area contributed by atoms with Crippen LogP contribution in [0.4, 0.5) is 17.6 Å². The van der Waals surface area contributed by atoms with Gasteiger partial charge >= 0.3 is 0 Å². The van der Waals surface area contributed by atoms with Crippen LogP contribution in [0.25, 0.3) is 16.6 Å². The number of aromatic nitrogens is 5. The lowest BCUT2D eigenvalue weighted by atomic mass is 10.1. The first-order valence-electron chi connectivity index (χ1n) is 10.0. The first-order valence-corrected chi connectivity index (χ1v) is 10.4. The van der Waals surface area contributed by atoms with E-state index in [9.17, 15) is 10.1 Å². The Bertz CT molecular complexity index is 1490. The molecule has 0 fully saturated rings. The summed E-state index contributed by atoms with van der Waals surface area (Å²) in [6.07, 6.45) is 3.68. The lowest BCUT2D eigenvalue weighted by Gasteiger charge is -2.17. The Morgan fingerprint density at radius 1 is 1.18 bits per heavy atom. The molecule has 1 aromatic carbocycles. The number of nitrogen functional groups attached to an aromatic ring is 2. The zero-order valence-electron chi connectivity index (χ0n) is 17.9. The van der Waals surface area contributed by atoms with Crippen molar-refractivity contribution >= 4 is 40.1 Å². The molecule has 0 amide bonds. The Kier molecular flexibility index (Phi) is 5.81. The maximum absolute atomic E-state index is 13.6. The monoisotopic (exact) mass is 461 g/mol. The molecule has 0 aliphatic rings. The highest BCUT2D eigenvalue weighted by Gasteiger charge is 2.18. The highest BCUT2D eigenvalue weighted by atomic mass is 35.5. The van der Waals surface area contributed by atoms with Crippen LogP contribution in [0.15, 0.2) is 35.4 Å². The number of nitrogens with two attached hydrogens (primary N) is 2. The minimum Gasteiger partial charge on any atom is -0.382 e. The van der Waals surface area contributed by atoms with E-state index in [2.05, 4.69) is 20.3 Å². The predicted molar refractivity (Wildman–Crippen MR) is 127 cm³/mol. The van der Waals surface area contributed by atoms with Crippen molar-refractivity contribution < 1.29 is 0 Å². The lowest BCUT2D eigenvalue weighted by molar-refractivity contribution is 0.801. The molecule has 10 nitrogen and oxygen atoms in total. The molecule has 0 aliphatic heterocycles. The molecule has 4 rings (SSSR count). The van der Waals surface area contributed by atoms with Crippen molar-refractivity contribution in [2.45, 2.75) is 20.3 Å². The van der Waals surface area contributed by atoms with E-state index in [1.165, 1.54) is 4.57 Å². The van der Waals surface area contributed by atoms with E-state index in [1.807, 2.05) is 19.9 Å². The molecule has 0 spiro atoms. The second-order valence-electron chi connectivity index (χ2n) is 7.38. The van der Waals surface area contributed by atoms with Gasteiger partial charge in [-0.1, -0.05) is 17.7 Å². The number of nitrogens with one attached hydrogen (secondary N) is 1. The van der Waals surface area contributed by atoms with Crippen molar-refractivity contribution in [1.82, 2.24) is 24.5 Å². The Labute approximate surface area is 193 Å². The van der Waals surface area contributed by atoms with E-state index in [0.717, 1.165) is 11.1 Å². The van der Waals surface area contributed by atoms with E-state index in [-0.39, 0.29) is 28.7 Å². The van der Waals surface area contributed by atoms with Gasteiger partial charge in [-0.15, -0.1) is 0 Å². The minimum absolute atomic E-state index is 0.00987. The number of aryl methyl sites for hydroxylation is 1. The number of anilines is 3. The van der Waals surface area contributed by atoms with Crippen molar-refractivity contribution in [2.24, 2.45) is 0 Å². The number of hydrogen-bond acceptors (Lipinski definition) is 9. The summed E-state index contributed by atoms with van der Waals surface area (Å²) in [4.78, 5) is 30.4. The molecule has 3 heterocycles. The molecule has 5 N–H and O–H groups in total. The smallest absolute Gasteiger partial charge is 0.267 e. The lowest BCUT2D eigenvalue weighted by Crippen LogP contribution is -2.26. The Morgan fingerprint density at radius 3 is 2.73 bits per heavy atom. The van der Waals surface area contributed by atoms with Gasteiger partial charge in [0.05, 0.1) is 27.8 Å². The number of rotatable bonds is 5. The fraction of sp³-hybridized carbons (Fsp3) is 0.182. The topological polar surface area (TPSA) is 161 Å². The first-order chi connectivity index (χ1) is 15.8. The quantitative estimate of drug-likeness (QED) is 0.405. The largest absolute Gasteiger partial charge is 0.382 e. The molecule has 33 heavy (non-hydrogen) atoms. The van der Waals surface area contributed by atoms with Gasteiger partial charge in [0.1, 0.15) is 23.3 Å². The van der Waals surface area contributed by atoms with Crippen molar-refractivity contribution in [2.75, 3.05) is 23.3 Å². The van der Waals surface area contributed by atoms with Crippen LogP contribution in [0.5, 0.6) is 0 Å². The normalized spacial score (nSPS) is 10.8. The van der Waals surface area contributed by atoms with Crippen LogP contribution >= 0.6 is 11.6 Å². The maximum atomic E-state index is 13.6. The summed E-state index contributed by atoms with van der Waals surface area (Å²) in [5, 5.41) is 13.1. The number of pyridine rings is 1. The highest BCUT2D eigenvalue weighted by Crippen LogP contribution is 2.23. The Hall–Kier alpha value is -4.23. The molecule has 0 atom stereocenters. The van der Waals surface area contributed by atoms with Crippen LogP contribution in [0, 0.1) is 25.2 Å². The number of nitrogens with zero attached hydrogens (tertiary/aromatic N) is 6. The van der Waals surface area contributed by atoms with E-state index < -0.39 is 0 Å². The van der Waals surface area contributed by atoms with Crippen LogP contribution < -0.4 is 22.3 Å². The van der Waals surface area contributed by atoms with Gasteiger partial charge < -0.3 is 16.8 Å². The summed E-state index contributed by atoms with van der Waals surface area (Å²) in [5.41, 5.74) is 14.2. The SMILES string of the molecule is Cc1cncc(-n2c(CCNc3nc(N)nc(N)c3C#N)nc3cccc(Cl)c3c2=O)c1C. The average molecular weight is 462 g/mol. The average Bonchev–Trinajstić information content (AvgIpc) is 2.76. The van der Waals surface area contributed by atoms with Gasteiger partial charge in [0.2, 0.25) is 5.95 Å². The molecule has 3 aromatic heterocycles. The van der Waals surface area contributed by atoms with E-state index in [1.54, 1.807) is 30.6 Å². The summed E-state index contributed by atoms with van der Waals surface area (Å²) in [5.74, 6) is 0.648. The fourth-order valence-corrected chi connectivity index (χ4v) is 3.77. The van der Waals surface area contributed by atoms with Crippen molar-refractivity contribution in [1.29, 1.82) is 5.26 Å². The van der Waals surface area contributed by atoms with Gasteiger partial charge in [0.15, 0.2) is 5.82 Å². The number of halogens is 1. The number of hydrogen-bond donors (Lipinski definition) is 3. The number of fused-ring (bicyclic) bond motifs is 1. The third-order valence-corrected chi connectivity index (χ3v) is 5.62. The standard InChI is InChI=1S/C22H20ClN9O/c1-11-9-27-10-16(12(11)2)32-17(29-15-5-3-4-14(23)18(15)21(32)33)6-7-28-20-13(8-24)19(25)30-22(26)31-20/h3-5,9-10H,6-7H2,1-2H3,(H5,25,26,28,30,31). The summed E-state index contributed by atoms with van der Waals surface area (Å²) >= 11 is 6.34. The zero-order chi connectivity index (χ0) is 23.7. The molecule has 0 aliphatic carbocycles. The van der Waals surface area contributed by atoms with Gasteiger partial charge in [-0.25, -0.2) is 4.98 Å². The summed E-state index contributed by atoms with van der Waals surface area (Å²) in [6.45, 7) is 4.14. The van der Waals surface area contributed by atoms with Gasteiger partial charge in [-0.3, -0.25) is 14.3 Å². The minimum atomic E-state index is -0.288. The fourth-order valence-electron chi connectivity index (χ4n) is 3.52. The third-order valence-electron chi connectivity index (χ3n) is 5.30. The van der Waals surface area contributed by atoms with Crippen LogP contribution in [-0.4, -0.2) is 31.0 Å². The molecule has 0 saturated heterocycles. The highest BCUT2D eigenvalue weighted by molar-refractivity contribution is 6.35. The first kappa shape index (κ1) is 22.0. The molecule has 0 unspecified atom stereocenters. The summed E-state index contributed by atoms with van der Waals surface area (Å²) in [6, 6.07) is 7.11. The molecule has 11 heteroatoms. The second-order valence-corrected chi connectivity index (χ2v) is 7.79. The van der Waals surface area contributed by atoms with Gasteiger partial charge in [-0.05, 0) is 37.1 Å². The Balaban J connectivity index is 1.80. The van der Waals surface area contributed by atoms with Gasteiger partial charge in [-0.2, -0.15) is 15.2 Å². The second kappa shape index (κ2) is 8.72. The molecule has 4 aromatic rings. The van der Waals surface area contributed by atoms with Crippen molar-refractivity contribution in [3.63, 3.8) is 0 Å². The van der Waals surface area contributed by atoms with Gasteiger partial charge in [0, 0.05) is 19.2 Å². The van der Waals surface area contributed by atoms with E-state index in [0.29, 0.717) is 40.4 Å². The van der Waals surface area contributed by atoms with E-state index in [4.69, 9.17) is 28.1 Å². The van der Waals surface area contributed by atoms with Crippen LogP contribution in [0.3, 0.4) is 0 Å². The third kappa shape index (κ3) is 4.02. The molecule has 0 saturated carbocycles. The summed E-state index contributed by atoms with van der Waals surface area (Å²) < 4.78 is 1.53. The van der Waals surface area contributed by atoms with Crippen molar-refractivity contribution in [3.05, 3.63) is 68.5 Å². The van der Waals surface area contributed by atoms with Gasteiger partial charge in [0.25, 0.3) is 5.56 Å². The predicted octanol–water partition coefficient (Wildman–Crippen LogP) is 2.53. The molecule has 0 radical (unpaired) electrons. The number of benzene rings is 1. The number of nitriles is 1. The maximum Gasteiger partial charge on any atom is 0.267 e. The molecule has 0 bridgehead atoms. The Morgan fingerprint density at radius 2 is 1.97 bits per heavy atom. The molecular formula is C22H20ClN9O. The van der Waals surface area contributed by atoms with Crippen molar-refractivity contribution in [3.8, 4) is 11.8 Å². The van der Waals surface area contributed by atoms with E-state index >= 15 is 0 Å². The van der Waals surface area contributed by atoms with Crippen LogP contribution in [-0.2, 0) is 6.42 Å². The molecule has 166 valence electrons. The summed E-state index contributed by atoms with van der Waals surface area (Å²) in [7, 11) is 0. The van der Waals surface area contributed by atoms with Crippen LogP contribution in [0.1, 0.15) is 22.5 Å². The van der Waals surface area contributed by atoms with Crippen LogP contribution in [0.2, 0.25) is 5.02 Å². The zero-order valence-corrected chi connectivity index (χ0v) is 18.7.